The fraction of sp³-hybridized carbons (Fsp3) is 0.938. The third-order valence-electron chi connectivity index (χ3n) is 3.91. The van der Waals surface area contributed by atoms with Crippen LogP contribution in [0.15, 0.2) is 4.99 Å². The number of halogens is 1. The SMILES string of the molecule is CCNC(=NCC(C)(C)SC)NCCCCN1CCCC1.I. The molecule has 0 bridgehead atoms. The number of hydrogen-bond acceptors (Lipinski definition) is 3. The number of thioether (sulfide) groups is 1. The quantitative estimate of drug-likeness (QED) is 0.249. The summed E-state index contributed by atoms with van der Waals surface area (Å²) in [6.07, 6.45) is 7.42. The van der Waals surface area contributed by atoms with E-state index < -0.39 is 0 Å². The molecule has 1 aliphatic rings. The predicted octanol–water partition coefficient (Wildman–Crippen LogP) is 3.18. The first-order valence-electron chi connectivity index (χ1n) is 8.37. The number of nitrogens with one attached hydrogen (secondary N) is 2. The summed E-state index contributed by atoms with van der Waals surface area (Å²) in [6.45, 7) is 13.2. The molecule has 0 aliphatic carbocycles. The molecule has 0 radical (unpaired) electrons. The second-order valence-corrected chi connectivity index (χ2v) is 7.86. The van der Waals surface area contributed by atoms with Crippen molar-refractivity contribution in [1.29, 1.82) is 0 Å². The van der Waals surface area contributed by atoms with Gasteiger partial charge >= 0.3 is 0 Å². The van der Waals surface area contributed by atoms with Gasteiger partial charge in [-0.05, 0) is 72.3 Å². The fourth-order valence-corrected chi connectivity index (χ4v) is 2.54. The summed E-state index contributed by atoms with van der Waals surface area (Å²) in [6, 6.07) is 0. The van der Waals surface area contributed by atoms with Crippen LogP contribution in [0.3, 0.4) is 0 Å². The van der Waals surface area contributed by atoms with Crippen molar-refractivity contribution in [3.05, 3.63) is 0 Å². The van der Waals surface area contributed by atoms with Gasteiger partial charge in [0.05, 0.1) is 6.54 Å². The Hall–Kier alpha value is 0.310. The van der Waals surface area contributed by atoms with Gasteiger partial charge in [-0.1, -0.05) is 0 Å². The number of hydrogen-bond donors (Lipinski definition) is 2. The van der Waals surface area contributed by atoms with Crippen LogP contribution in [0.2, 0.25) is 0 Å². The minimum Gasteiger partial charge on any atom is -0.357 e. The van der Waals surface area contributed by atoms with Gasteiger partial charge in [0, 0.05) is 17.8 Å². The van der Waals surface area contributed by atoms with Crippen molar-refractivity contribution >= 4 is 41.7 Å². The zero-order valence-electron chi connectivity index (χ0n) is 14.8. The third kappa shape index (κ3) is 10.2. The summed E-state index contributed by atoms with van der Waals surface area (Å²) in [5, 5.41) is 6.78. The van der Waals surface area contributed by atoms with Crippen molar-refractivity contribution in [2.75, 3.05) is 45.5 Å². The van der Waals surface area contributed by atoms with Gasteiger partial charge in [-0.25, -0.2) is 0 Å². The van der Waals surface area contributed by atoms with Crippen molar-refractivity contribution in [1.82, 2.24) is 15.5 Å². The first-order valence-corrected chi connectivity index (χ1v) is 9.59. The van der Waals surface area contributed by atoms with Gasteiger partial charge in [-0.15, -0.1) is 24.0 Å². The molecular weight excluding hydrogens is 407 g/mol. The average molecular weight is 442 g/mol. The molecule has 22 heavy (non-hydrogen) atoms. The van der Waals surface area contributed by atoms with Crippen LogP contribution in [-0.4, -0.2) is 61.1 Å². The van der Waals surface area contributed by atoms with Crippen LogP contribution in [0.5, 0.6) is 0 Å². The topological polar surface area (TPSA) is 39.7 Å². The minimum atomic E-state index is 0. The third-order valence-corrected chi connectivity index (χ3v) is 5.14. The lowest BCUT2D eigenvalue weighted by molar-refractivity contribution is 0.330. The Labute approximate surface area is 158 Å². The molecular formula is C16H35IN4S. The molecule has 1 fully saturated rings. The second kappa shape index (κ2) is 12.7. The fourth-order valence-electron chi connectivity index (χ4n) is 2.35. The summed E-state index contributed by atoms with van der Waals surface area (Å²) >= 11 is 1.87. The van der Waals surface area contributed by atoms with Crippen molar-refractivity contribution in [3.8, 4) is 0 Å². The predicted molar refractivity (Wildman–Crippen MR) is 112 cm³/mol. The van der Waals surface area contributed by atoms with E-state index in [1.807, 2.05) is 11.8 Å². The van der Waals surface area contributed by atoms with Crippen molar-refractivity contribution < 1.29 is 0 Å². The van der Waals surface area contributed by atoms with Gasteiger partial charge < -0.3 is 15.5 Å². The Balaban J connectivity index is 0.00000441. The molecule has 6 heteroatoms. The molecule has 1 aliphatic heterocycles. The number of likely N-dealkylation sites (tertiary alicyclic amines) is 1. The van der Waals surface area contributed by atoms with Gasteiger partial charge in [0.15, 0.2) is 5.96 Å². The van der Waals surface area contributed by atoms with E-state index in [1.54, 1.807) is 0 Å². The van der Waals surface area contributed by atoms with E-state index in [9.17, 15) is 0 Å². The van der Waals surface area contributed by atoms with Crippen LogP contribution in [0.25, 0.3) is 0 Å². The standard InChI is InChI=1S/C16H34N4S.HI/c1-5-17-15(19-14-16(2,3)21-4)18-10-6-7-11-20-12-8-9-13-20;/h5-14H2,1-4H3,(H2,17,18,19);1H. The van der Waals surface area contributed by atoms with Gasteiger partial charge in [0.2, 0.25) is 0 Å². The van der Waals surface area contributed by atoms with Gasteiger partial charge in [0.25, 0.3) is 0 Å². The molecule has 0 amide bonds. The maximum atomic E-state index is 4.69. The summed E-state index contributed by atoms with van der Waals surface area (Å²) < 4.78 is 0.206. The molecule has 0 aromatic rings. The van der Waals surface area contributed by atoms with Crippen LogP contribution in [0.1, 0.15) is 46.5 Å². The van der Waals surface area contributed by atoms with Crippen LogP contribution in [-0.2, 0) is 0 Å². The molecule has 2 N–H and O–H groups in total. The Morgan fingerprint density at radius 2 is 1.86 bits per heavy atom. The zero-order valence-corrected chi connectivity index (χ0v) is 17.9. The minimum absolute atomic E-state index is 0. The van der Waals surface area contributed by atoms with E-state index >= 15 is 0 Å². The number of nitrogens with zero attached hydrogens (tertiary/aromatic N) is 2. The molecule has 4 nitrogen and oxygen atoms in total. The Morgan fingerprint density at radius 1 is 1.18 bits per heavy atom. The first kappa shape index (κ1) is 22.3. The molecule has 0 unspecified atom stereocenters. The van der Waals surface area contributed by atoms with E-state index in [2.05, 4.69) is 42.6 Å². The Morgan fingerprint density at radius 3 is 2.45 bits per heavy atom. The average Bonchev–Trinajstić information content (AvgIpc) is 2.97. The second-order valence-electron chi connectivity index (χ2n) is 6.34. The van der Waals surface area contributed by atoms with Crippen LogP contribution in [0, 0.1) is 0 Å². The molecule has 1 saturated heterocycles. The number of rotatable bonds is 9. The van der Waals surface area contributed by atoms with E-state index in [0.29, 0.717) is 0 Å². The highest BCUT2D eigenvalue weighted by Crippen LogP contribution is 2.20. The van der Waals surface area contributed by atoms with Crippen molar-refractivity contribution in [2.45, 2.75) is 51.2 Å². The Bertz CT molecular complexity index is 305. The van der Waals surface area contributed by atoms with E-state index in [1.165, 1.54) is 45.3 Å². The van der Waals surface area contributed by atoms with Crippen LogP contribution < -0.4 is 10.6 Å². The van der Waals surface area contributed by atoms with Gasteiger partial charge in [0.1, 0.15) is 0 Å². The lowest BCUT2D eigenvalue weighted by atomic mass is 10.2. The maximum Gasteiger partial charge on any atom is 0.191 e. The Kier molecular flexibility index (Phi) is 12.9. The van der Waals surface area contributed by atoms with E-state index in [-0.39, 0.29) is 28.7 Å². The molecule has 0 atom stereocenters. The summed E-state index contributed by atoms with van der Waals surface area (Å²) in [5.41, 5.74) is 0. The lowest BCUT2D eigenvalue weighted by Gasteiger charge is -2.20. The zero-order chi connectivity index (χ0) is 15.6. The van der Waals surface area contributed by atoms with E-state index in [0.717, 1.165) is 25.6 Å². The summed E-state index contributed by atoms with van der Waals surface area (Å²) in [5.74, 6) is 0.959. The molecule has 0 spiro atoms. The largest absolute Gasteiger partial charge is 0.357 e. The van der Waals surface area contributed by atoms with Crippen molar-refractivity contribution in [3.63, 3.8) is 0 Å². The number of aliphatic imine (C=N–C) groups is 1. The summed E-state index contributed by atoms with van der Waals surface area (Å²) in [4.78, 5) is 7.28. The molecule has 1 rings (SSSR count). The lowest BCUT2D eigenvalue weighted by Crippen LogP contribution is -2.39. The van der Waals surface area contributed by atoms with Crippen LogP contribution in [0.4, 0.5) is 0 Å². The monoisotopic (exact) mass is 442 g/mol. The van der Waals surface area contributed by atoms with Crippen LogP contribution >= 0.6 is 35.7 Å². The highest BCUT2D eigenvalue weighted by Gasteiger charge is 2.15. The molecule has 1 heterocycles. The van der Waals surface area contributed by atoms with Crippen molar-refractivity contribution in [2.24, 2.45) is 4.99 Å². The molecule has 132 valence electrons. The maximum absolute atomic E-state index is 4.69. The molecule has 0 saturated carbocycles. The van der Waals surface area contributed by atoms with Gasteiger partial charge in [-0.2, -0.15) is 11.8 Å². The summed E-state index contributed by atoms with van der Waals surface area (Å²) in [7, 11) is 0. The number of guanidine groups is 1. The molecule has 0 aromatic carbocycles. The normalized spacial score (nSPS) is 16.5. The molecule has 0 aromatic heterocycles. The van der Waals surface area contributed by atoms with Gasteiger partial charge in [-0.3, -0.25) is 4.99 Å². The van der Waals surface area contributed by atoms with E-state index in [4.69, 9.17) is 4.99 Å². The highest BCUT2D eigenvalue weighted by atomic mass is 127. The number of unbranched alkanes of at least 4 members (excludes halogenated alkanes) is 1. The smallest absolute Gasteiger partial charge is 0.191 e. The highest BCUT2D eigenvalue weighted by molar-refractivity contribution is 14.0. The first-order chi connectivity index (χ1) is 10.1.